The second-order valence-electron chi connectivity index (χ2n) is 3.64. The Balaban J connectivity index is 2.19. The lowest BCUT2D eigenvalue weighted by atomic mass is 10.1. The van der Waals surface area contributed by atoms with Crippen LogP contribution >= 0.6 is 0 Å². The zero-order valence-electron chi connectivity index (χ0n) is 8.07. The van der Waals surface area contributed by atoms with Crippen LogP contribution in [0.5, 0.6) is 5.75 Å². The predicted octanol–water partition coefficient (Wildman–Crippen LogP) is 1.52. The summed E-state index contributed by atoms with van der Waals surface area (Å²) >= 11 is 0. The Morgan fingerprint density at radius 3 is 2.86 bits per heavy atom. The SMILES string of the molecule is Nc1ccc(C2CC2)c(OCCO)c1. The molecular formula is C11H15NO2. The first kappa shape index (κ1) is 9.34. The van der Waals surface area contributed by atoms with Crippen molar-refractivity contribution in [3.63, 3.8) is 0 Å². The van der Waals surface area contributed by atoms with Gasteiger partial charge in [-0.2, -0.15) is 0 Å². The highest BCUT2D eigenvalue weighted by Gasteiger charge is 2.26. The van der Waals surface area contributed by atoms with E-state index in [0.717, 1.165) is 5.75 Å². The van der Waals surface area contributed by atoms with Gasteiger partial charge in [-0.3, -0.25) is 0 Å². The van der Waals surface area contributed by atoms with Gasteiger partial charge in [0.15, 0.2) is 0 Å². The standard InChI is InChI=1S/C11H15NO2/c12-9-3-4-10(8-1-2-8)11(7-9)14-6-5-13/h3-4,7-8,13H,1-2,5-6,12H2. The normalized spacial score (nSPS) is 15.5. The molecule has 0 amide bonds. The molecule has 2 rings (SSSR count). The summed E-state index contributed by atoms with van der Waals surface area (Å²) in [7, 11) is 0. The molecule has 0 radical (unpaired) electrons. The predicted molar refractivity (Wildman–Crippen MR) is 55.4 cm³/mol. The number of benzene rings is 1. The molecule has 1 saturated carbocycles. The van der Waals surface area contributed by atoms with Crippen molar-refractivity contribution in [2.75, 3.05) is 18.9 Å². The number of hydrogen-bond donors (Lipinski definition) is 2. The molecule has 1 aromatic rings. The van der Waals surface area contributed by atoms with Crippen molar-refractivity contribution < 1.29 is 9.84 Å². The number of hydrogen-bond acceptors (Lipinski definition) is 3. The lowest BCUT2D eigenvalue weighted by Crippen LogP contribution is -2.04. The van der Waals surface area contributed by atoms with E-state index in [9.17, 15) is 0 Å². The van der Waals surface area contributed by atoms with Crippen molar-refractivity contribution in [3.05, 3.63) is 23.8 Å². The van der Waals surface area contributed by atoms with Crippen LogP contribution in [-0.4, -0.2) is 18.3 Å². The first-order valence-corrected chi connectivity index (χ1v) is 4.94. The summed E-state index contributed by atoms with van der Waals surface area (Å²) in [4.78, 5) is 0. The van der Waals surface area contributed by atoms with Crippen LogP contribution in [0.25, 0.3) is 0 Å². The molecule has 1 aliphatic carbocycles. The summed E-state index contributed by atoms with van der Waals surface area (Å²) < 4.78 is 5.44. The topological polar surface area (TPSA) is 55.5 Å². The quantitative estimate of drug-likeness (QED) is 0.713. The third kappa shape index (κ3) is 1.99. The molecule has 3 nitrogen and oxygen atoms in total. The molecule has 14 heavy (non-hydrogen) atoms. The molecule has 0 aromatic heterocycles. The maximum atomic E-state index is 8.69. The number of anilines is 1. The van der Waals surface area contributed by atoms with Crippen LogP contribution in [0.15, 0.2) is 18.2 Å². The molecule has 3 heteroatoms. The number of aliphatic hydroxyl groups is 1. The van der Waals surface area contributed by atoms with Gasteiger partial charge in [0.2, 0.25) is 0 Å². The van der Waals surface area contributed by atoms with Crippen LogP contribution in [0.2, 0.25) is 0 Å². The molecule has 0 bridgehead atoms. The number of nitrogen functional groups attached to an aromatic ring is 1. The number of ether oxygens (including phenoxy) is 1. The van der Waals surface area contributed by atoms with E-state index < -0.39 is 0 Å². The lowest BCUT2D eigenvalue weighted by molar-refractivity contribution is 0.200. The van der Waals surface area contributed by atoms with E-state index in [2.05, 4.69) is 0 Å². The van der Waals surface area contributed by atoms with Crippen molar-refractivity contribution in [1.82, 2.24) is 0 Å². The molecule has 1 aliphatic rings. The van der Waals surface area contributed by atoms with Crippen molar-refractivity contribution in [1.29, 1.82) is 0 Å². The Hall–Kier alpha value is -1.22. The second kappa shape index (κ2) is 3.88. The fourth-order valence-electron chi connectivity index (χ4n) is 1.56. The number of nitrogens with two attached hydrogens (primary N) is 1. The third-order valence-corrected chi connectivity index (χ3v) is 2.40. The summed E-state index contributed by atoms with van der Waals surface area (Å²) in [5, 5.41) is 8.69. The maximum Gasteiger partial charge on any atom is 0.124 e. The van der Waals surface area contributed by atoms with Crippen molar-refractivity contribution >= 4 is 5.69 Å². The van der Waals surface area contributed by atoms with Crippen LogP contribution in [0.1, 0.15) is 24.3 Å². The molecule has 1 aromatic carbocycles. The van der Waals surface area contributed by atoms with Crippen molar-refractivity contribution in [2.24, 2.45) is 0 Å². The highest BCUT2D eigenvalue weighted by atomic mass is 16.5. The van der Waals surface area contributed by atoms with Gasteiger partial charge in [0, 0.05) is 11.8 Å². The van der Waals surface area contributed by atoms with Gasteiger partial charge in [0.1, 0.15) is 12.4 Å². The molecular weight excluding hydrogens is 178 g/mol. The van der Waals surface area contributed by atoms with Gasteiger partial charge in [-0.05, 0) is 30.4 Å². The zero-order chi connectivity index (χ0) is 9.97. The van der Waals surface area contributed by atoms with E-state index in [-0.39, 0.29) is 6.61 Å². The third-order valence-electron chi connectivity index (χ3n) is 2.40. The summed E-state index contributed by atoms with van der Waals surface area (Å²) in [6.45, 7) is 0.377. The Morgan fingerprint density at radius 1 is 1.43 bits per heavy atom. The smallest absolute Gasteiger partial charge is 0.124 e. The Bertz CT molecular complexity index is 321. The molecule has 0 saturated heterocycles. The van der Waals surface area contributed by atoms with E-state index >= 15 is 0 Å². The highest BCUT2D eigenvalue weighted by Crippen LogP contribution is 2.44. The summed E-state index contributed by atoms with van der Waals surface area (Å²) in [5.41, 5.74) is 7.62. The monoisotopic (exact) mass is 193 g/mol. The zero-order valence-corrected chi connectivity index (χ0v) is 8.07. The molecule has 0 unspecified atom stereocenters. The minimum atomic E-state index is 0.0406. The Morgan fingerprint density at radius 2 is 2.21 bits per heavy atom. The highest BCUT2D eigenvalue weighted by molar-refractivity contribution is 5.50. The van der Waals surface area contributed by atoms with Gasteiger partial charge in [-0.15, -0.1) is 0 Å². The van der Waals surface area contributed by atoms with Gasteiger partial charge in [0.05, 0.1) is 6.61 Å². The average Bonchev–Trinajstić information content (AvgIpc) is 2.98. The van der Waals surface area contributed by atoms with Crippen LogP contribution in [0.3, 0.4) is 0 Å². The minimum Gasteiger partial charge on any atom is -0.491 e. The Kier molecular flexibility index (Phi) is 2.59. The fraction of sp³-hybridized carbons (Fsp3) is 0.455. The number of aliphatic hydroxyl groups excluding tert-OH is 1. The first-order chi connectivity index (χ1) is 6.81. The summed E-state index contributed by atoms with van der Waals surface area (Å²) in [5.74, 6) is 1.48. The fourth-order valence-corrected chi connectivity index (χ4v) is 1.56. The molecule has 0 atom stereocenters. The molecule has 0 aliphatic heterocycles. The van der Waals surface area contributed by atoms with Crippen LogP contribution in [0, 0.1) is 0 Å². The lowest BCUT2D eigenvalue weighted by Gasteiger charge is -2.10. The van der Waals surface area contributed by atoms with Gasteiger partial charge >= 0.3 is 0 Å². The summed E-state index contributed by atoms with van der Waals surface area (Å²) in [6, 6.07) is 5.77. The number of rotatable bonds is 4. The average molecular weight is 193 g/mol. The summed E-state index contributed by atoms with van der Waals surface area (Å²) in [6.07, 6.45) is 2.47. The molecule has 3 N–H and O–H groups in total. The first-order valence-electron chi connectivity index (χ1n) is 4.94. The van der Waals surface area contributed by atoms with E-state index in [1.54, 1.807) is 0 Å². The van der Waals surface area contributed by atoms with Gasteiger partial charge < -0.3 is 15.6 Å². The largest absolute Gasteiger partial charge is 0.491 e. The second-order valence-corrected chi connectivity index (χ2v) is 3.64. The van der Waals surface area contributed by atoms with Gasteiger partial charge in [-0.1, -0.05) is 6.07 Å². The Labute approximate surface area is 83.5 Å². The van der Waals surface area contributed by atoms with E-state index in [0.29, 0.717) is 18.2 Å². The molecule has 0 heterocycles. The van der Waals surface area contributed by atoms with E-state index in [1.165, 1.54) is 18.4 Å². The van der Waals surface area contributed by atoms with Crippen LogP contribution in [-0.2, 0) is 0 Å². The molecule has 76 valence electrons. The van der Waals surface area contributed by atoms with Gasteiger partial charge in [-0.25, -0.2) is 0 Å². The van der Waals surface area contributed by atoms with Crippen LogP contribution in [0.4, 0.5) is 5.69 Å². The van der Waals surface area contributed by atoms with Crippen molar-refractivity contribution in [2.45, 2.75) is 18.8 Å². The maximum absolute atomic E-state index is 8.69. The minimum absolute atomic E-state index is 0.0406. The molecule has 1 fully saturated rings. The van der Waals surface area contributed by atoms with Crippen molar-refractivity contribution in [3.8, 4) is 5.75 Å². The molecule has 0 spiro atoms. The van der Waals surface area contributed by atoms with E-state index in [4.69, 9.17) is 15.6 Å². The van der Waals surface area contributed by atoms with E-state index in [1.807, 2.05) is 18.2 Å². The van der Waals surface area contributed by atoms with Gasteiger partial charge in [0.25, 0.3) is 0 Å². The van der Waals surface area contributed by atoms with Crippen LogP contribution < -0.4 is 10.5 Å².